The summed E-state index contributed by atoms with van der Waals surface area (Å²) in [5, 5.41) is 0. The second-order valence-electron chi connectivity index (χ2n) is 6.35. The summed E-state index contributed by atoms with van der Waals surface area (Å²) < 4.78 is 10.5. The maximum Gasteiger partial charge on any atom is 0.415 e. The van der Waals surface area contributed by atoms with Crippen molar-refractivity contribution in [1.29, 1.82) is 0 Å². The van der Waals surface area contributed by atoms with Crippen LogP contribution in [-0.4, -0.2) is 30.3 Å². The fraction of sp³-hybridized carbons (Fsp3) is 0.529. The van der Waals surface area contributed by atoms with Crippen LogP contribution in [0.4, 0.5) is 10.5 Å². The number of fused-ring (bicyclic) bond motifs is 1. The zero-order valence-corrected chi connectivity index (χ0v) is 13.6. The van der Waals surface area contributed by atoms with Crippen LogP contribution < -0.4 is 4.90 Å². The first kappa shape index (κ1) is 16.3. The van der Waals surface area contributed by atoms with Crippen LogP contribution in [0.5, 0.6) is 0 Å². The first-order valence-electron chi connectivity index (χ1n) is 7.57. The van der Waals surface area contributed by atoms with Gasteiger partial charge in [0.25, 0.3) is 0 Å². The quantitative estimate of drug-likeness (QED) is 0.804. The zero-order chi connectivity index (χ0) is 16.3. The maximum absolute atomic E-state index is 12.5. The molecule has 0 N–H and O–H groups in total. The summed E-state index contributed by atoms with van der Waals surface area (Å²) >= 11 is 0. The number of hydrogen-bond donors (Lipinski definition) is 0. The molecule has 1 heterocycles. The zero-order valence-electron chi connectivity index (χ0n) is 13.6. The van der Waals surface area contributed by atoms with Gasteiger partial charge in [0, 0.05) is 0 Å². The van der Waals surface area contributed by atoms with Crippen LogP contribution >= 0.6 is 0 Å². The number of anilines is 1. The Kier molecular flexibility index (Phi) is 4.74. The van der Waals surface area contributed by atoms with E-state index in [9.17, 15) is 9.59 Å². The SMILES string of the molecule is CCOC(=O)CC1Cc2ccccc2N1C(=O)OC(C)(C)C. The number of hydrogen-bond acceptors (Lipinski definition) is 4. The van der Waals surface area contributed by atoms with Gasteiger partial charge in [0.05, 0.1) is 24.8 Å². The summed E-state index contributed by atoms with van der Waals surface area (Å²) in [6.45, 7) is 7.59. The molecule has 0 radical (unpaired) electrons. The number of nitrogens with zero attached hydrogens (tertiary/aromatic N) is 1. The molecule has 1 aliphatic rings. The largest absolute Gasteiger partial charge is 0.466 e. The molecule has 1 aliphatic heterocycles. The topological polar surface area (TPSA) is 55.8 Å². The smallest absolute Gasteiger partial charge is 0.415 e. The lowest BCUT2D eigenvalue weighted by atomic mass is 10.1. The molecule has 0 bridgehead atoms. The van der Waals surface area contributed by atoms with Gasteiger partial charge in [-0.1, -0.05) is 18.2 Å². The molecule has 0 spiro atoms. The minimum Gasteiger partial charge on any atom is -0.466 e. The van der Waals surface area contributed by atoms with Gasteiger partial charge in [-0.05, 0) is 45.7 Å². The molecule has 22 heavy (non-hydrogen) atoms. The summed E-state index contributed by atoms with van der Waals surface area (Å²) in [4.78, 5) is 25.9. The van der Waals surface area contributed by atoms with Crippen molar-refractivity contribution in [2.24, 2.45) is 0 Å². The normalized spacial score (nSPS) is 17.1. The molecule has 1 amide bonds. The average molecular weight is 305 g/mol. The number of esters is 1. The molecule has 0 saturated heterocycles. The van der Waals surface area contributed by atoms with Crippen LogP contribution in [-0.2, 0) is 20.7 Å². The summed E-state index contributed by atoms with van der Waals surface area (Å²) in [5.41, 5.74) is 1.28. The van der Waals surface area contributed by atoms with Gasteiger partial charge in [-0.2, -0.15) is 0 Å². The van der Waals surface area contributed by atoms with Gasteiger partial charge in [-0.25, -0.2) is 4.79 Å². The van der Waals surface area contributed by atoms with Gasteiger partial charge >= 0.3 is 12.1 Å². The van der Waals surface area contributed by atoms with Crippen LogP contribution in [0.25, 0.3) is 0 Å². The third kappa shape index (κ3) is 3.78. The van der Waals surface area contributed by atoms with E-state index in [1.807, 2.05) is 45.0 Å². The van der Waals surface area contributed by atoms with Crippen molar-refractivity contribution in [2.75, 3.05) is 11.5 Å². The minimum atomic E-state index is -0.580. The fourth-order valence-corrected chi connectivity index (χ4v) is 2.59. The number of carbonyl (C=O) groups excluding carboxylic acids is 2. The molecule has 0 aromatic heterocycles. The van der Waals surface area contributed by atoms with E-state index in [0.29, 0.717) is 13.0 Å². The average Bonchev–Trinajstić information content (AvgIpc) is 2.74. The van der Waals surface area contributed by atoms with E-state index in [-0.39, 0.29) is 18.4 Å². The molecular formula is C17H23NO4. The van der Waals surface area contributed by atoms with Gasteiger partial charge < -0.3 is 9.47 Å². The Bertz CT molecular complexity index is 562. The van der Waals surface area contributed by atoms with Crippen LogP contribution in [0, 0.1) is 0 Å². The van der Waals surface area contributed by atoms with Gasteiger partial charge in [0.1, 0.15) is 5.60 Å². The number of carbonyl (C=O) groups is 2. The molecule has 2 rings (SSSR count). The molecule has 1 atom stereocenters. The van der Waals surface area contributed by atoms with Gasteiger partial charge in [-0.3, -0.25) is 9.69 Å². The summed E-state index contributed by atoms with van der Waals surface area (Å²) in [6.07, 6.45) is 0.377. The second-order valence-corrected chi connectivity index (χ2v) is 6.35. The maximum atomic E-state index is 12.5. The molecule has 1 unspecified atom stereocenters. The predicted octanol–water partition coefficient (Wildman–Crippen LogP) is 3.31. The lowest BCUT2D eigenvalue weighted by molar-refractivity contribution is -0.143. The molecule has 0 fully saturated rings. The fourth-order valence-electron chi connectivity index (χ4n) is 2.59. The summed E-state index contributed by atoms with van der Waals surface area (Å²) in [5.74, 6) is -0.297. The Hall–Kier alpha value is -2.04. The van der Waals surface area contributed by atoms with Crippen LogP contribution in [0.3, 0.4) is 0 Å². The molecule has 1 aromatic carbocycles. The molecule has 5 heteroatoms. The first-order chi connectivity index (χ1) is 10.3. The van der Waals surface area contributed by atoms with E-state index in [1.165, 1.54) is 0 Å². The number of para-hydroxylation sites is 1. The van der Waals surface area contributed by atoms with Crippen molar-refractivity contribution in [2.45, 2.75) is 52.2 Å². The van der Waals surface area contributed by atoms with Crippen molar-refractivity contribution >= 4 is 17.7 Å². The molecule has 1 aromatic rings. The Balaban J connectivity index is 2.23. The van der Waals surface area contributed by atoms with Gasteiger partial charge in [0.2, 0.25) is 0 Å². The molecule has 5 nitrogen and oxygen atoms in total. The van der Waals surface area contributed by atoms with Crippen LogP contribution in [0.1, 0.15) is 39.7 Å². The highest BCUT2D eigenvalue weighted by Crippen LogP contribution is 2.34. The Morgan fingerprint density at radius 3 is 2.59 bits per heavy atom. The van der Waals surface area contributed by atoms with E-state index in [2.05, 4.69) is 0 Å². The minimum absolute atomic E-state index is 0.168. The highest BCUT2D eigenvalue weighted by atomic mass is 16.6. The van der Waals surface area contributed by atoms with Crippen molar-refractivity contribution in [1.82, 2.24) is 0 Å². The van der Waals surface area contributed by atoms with Crippen LogP contribution in [0.15, 0.2) is 24.3 Å². The van der Waals surface area contributed by atoms with Gasteiger partial charge in [0.15, 0.2) is 0 Å². The highest BCUT2D eigenvalue weighted by Gasteiger charge is 2.37. The van der Waals surface area contributed by atoms with Crippen molar-refractivity contribution < 1.29 is 19.1 Å². The number of rotatable bonds is 3. The lowest BCUT2D eigenvalue weighted by Gasteiger charge is -2.28. The Morgan fingerprint density at radius 1 is 1.27 bits per heavy atom. The second kappa shape index (κ2) is 6.38. The van der Waals surface area contributed by atoms with E-state index in [0.717, 1.165) is 11.3 Å². The van der Waals surface area contributed by atoms with Gasteiger partial charge in [-0.15, -0.1) is 0 Å². The van der Waals surface area contributed by atoms with Crippen molar-refractivity contribution in [3.8, 4) is 0 Å². The molecule has 0 aliphatic carbocycles. The standard InChI is InChI=1S/C17H23NO4/c1-5-21-15(19)11-13-10-12-8-6-7-9-14(12)18(13)16(20)22-17(2,3)4/h6-9,13H,5,10-11H2,1-4H3. The summed E-state index contributed by atoms with van der Waals surface area (Å²) in [7, 11) is 0. The third-order valence-electron chi connectivity index (χ3n) is 3.37. The first-order valence-corrected chi connectivity index (χ1v) is 7.57. The highest BCUT2D eigenvalue weighted by molar-refractivity contribution is 5.92. The monoisotopic (exact) mass is 305 g/mol. The third-order valence-corrected chi connectivity index (χ3v) is 3.37. The molecule has 0 saturated carbocycles. The number of ether oxygens (including phenoxy) is 2. The van der Waals surface area contributed by atoms with E-state index >= 15 is 0 Å². The van der Waals surface area contributed by atoms with E-state index < -0.39 is 11.7 Å². The number of benzene rings is 1. The Labute approximate surface area is 131 Å². The van der Waals surface area contributed by atoms with Crippen molar-refractivity contribution in [3.05, 3.63) is 29.8 Å². The summed E-state index contributed by atoms with van der Waals surface area (Å²) in [6, 6.07) is 7.40. The predicted molar refractivity (Wildman–Crippen MR) is 83.9 cm³/mol. The van der Waals surface area contributed by atoms with Crippen molar-refractivity contribution in [3.63, 3.8) is 0 Å². The number of amides is 1. The van der Waals surface area contributed by atoms with Crippen LogP contribution in [0.2, 0.25) is 0 Å². The molecular weight excluding hydrogens is 282 g/mol. The lowest BCUT2D eigenvalue weighted by Crippen LogP contribution is -2.42. The molecule has 120 valence electrons. The Morgan fingerprint density at radius 2 is 1.95 bits per heavy atom. The van der Waals surface area contributed by atoms with E-state index in [1.54, 1.807) is 11.8 Å². The van der Waals surface area contributed by atoms with E-state index in [4.69, 9.17) is 9.47 Å².